The molecule has 0 saturated heterocycles. The molecule has 1 aromatic carbocycles. The molecule has 90 valence electrons. The van der Waals surface area contributed by atoms with Crippen molar-refractivity contribution in [2.45, 2.75) is 25.0 Å². The van der Waals surface area contributed by atoms with Crippen LogP contribution in [-0.4, -0.2) is 26.0 Å². The van der Waals surface area contributed by atoms with Crippen LogP contribution in [-0.2, 0) is 9.84 Å². The second kappa shape index (κ2) is 5.46. The maximum Gasteiger partial charge on any atom is 0.153 e. The summed E-state index contributed by atoms with van der Waals surface area (Å²) in [7, 11) is -3.04. The van der Waals surface area contributed by atoms with E-state index in [-0.39, 0.29) is 16.9 Å². The molecule has 1 atom stereocenters. The fourth-order valence-electron chi connectivity index (χ4n) is 1.50. The van der Waals surface area contributed by atoms with E-state index in [1.165, 1.54) is 0 Å². The minimum atomic E-state index is -3.04. The van der Waals surface area contributed by atoms with Gasteiger partial charge in [-0.3, -0.25) is 0 Å². The Morgan fingerprint density at radius 1 is 1.19 bits per heavy atom. The number of nitrogens with two attached hydrogens (primary N) is 1. The quantitative estimate of drug-likeness (QED) is 0.851. The first-order chi connectivity index (χ1) is 7.47. The standard InChI is InChI=1S/C12H19NO2S/c1-10(2)16(14,15)9-12(8-13)11-6-4-3-5-7-11/h3-7,10,12H,8-9,13H2,1-2H3. The molecule has 3 nitrogen and oxygen atoms in total. The zero-order valence-corrected chi connectivity index (χ0v) is 10.6. The van der Waals surface area contributed by atoms with Crippen molar-refractivity contribution in [3.05, 3.63) is 35.9 Å². The number of benzene rings is 1. The van der Waals surface area contributed by atoms with Crippen molar-refractivity contribution < 1.29 is 8.42 Å². The molecule has 1 aromatic rings. The Morgan fingerprint density at radius 3 is 2.19 bits per heavy atom. The molecular weight excluding hydrogens is 222 g/mol. The van der Waals surface area contributed by atoms with Gasteiger partial charge in [0.1, 0.15) is 0 Å². The Balaban J connectivity index is 2.86. The Kier molecular flexibility index (Phi) is 4.50. The van der Waals surface area contributed by atoms with E-state index >= 15 is 0 Å². The van der Waals surface area contributed by atoms with Crippen molar-refractivity contribution >= 4 is 9.84 Å². The summed E-state index contributed by atoms with van der Waals surface area (Å²) in [4.78, 5) is 0. The zero-order valence-electron chi connectivity index (χ0n) is 9.76. The van der Waals surface area contributed by atoms with Crippen LogP contribution in [0, 0.1) is 0 Å². The van der Waals surface area contributed by atoms with Crippen LogP contribution in [0.1, 0.15) is 25.3 Å². The fraction of sp³-hybridized carbons (Fsp3) is 0.500. The smallest absolute Gasteiger partial charge is 0.153 e. The summed E-state index contributed by atoms with van der Waals surface area (Å²) in [5.41, 5.74) is 6.64. The molecule has 0 aromatic heterocycles. The van der Waals surface area contributed by atoms with Crippen LogP contribution in [0.4, 0.5) is 0 Å². The predicted octanol–water partition coefficient (Wildman–Crippen LogP) is 1.55. The monoisotopic (exact) mass is 241 g/mol. The maximum atomic E-state index is 11.8. The second-order valence-corrected chi connectivity index (χ2v) is 6.82. The summed E-state index contributed by atoms with van der Waals surface area (Å²) in [5.74, 6) is 0.0270. The van der Waals surface area contributed by atoms with Gasteiger partial charge >= 0.3 is 0 Å². The highest BCUT2D eigenvalue weighted by atomic mass is 32.2. The summed E-state index contributed by atoms with van der Waals surface area (Å²) >= 11 is 0. The third-order valence-corrected chi connectivity index (χ3v) is 5.01. The first-order valence-electron chi connectivity index (χ1n) is 5.44. The van der Waals surface area contributed by atoms with E-state index in [2.05, 4.69) is 0 Å². The summed E-state index contributed by atoms with van der Waals surface area (Å²) < 4.78 is 23.6. The van der Waals surface area contributed by atoms with Gasteiger partial charge in [-0.15, -0.1) is 0 Å². The van der Waals surface area contributed by atoms with E-state index in [0.29, 0.717) is 6.54 Å². The minimum absolute atomic E-state index is 0.103. The molecule has 0 aliphatic heterocycles. The van der Waals surface area contributed by atoms with Crippen LogP contribution in [0.2, 0.25) is 0 Å². The molecule has 0 saturated carbocycles. The number of hydrogen-bond acceptors (Lipinski definition) is 3. The Bertz CT molecular complexity index is 412. The van der Waals surface area contributed by atoms with Gasteiger partial charge in [0.25, 0.3) is 0 Å². The van der Waals surface area contributed by atoms with Crippen molar-refractivity contribution in [2.75, 3.05) is 12.3 Å². The normalized spacial score (nSPS) is 14.0. The molecule has 0 aliphatic carbocycles. The van der Waals surface area contributed by atoms with Gasteiger partial charge in [-0.05, 0) is 19.4 Å². The summed E-state index contributed by atoms with van der Waals surface area (Å²) in [5, 5.41) is -0.342. The molecule has 16 heavy (non-hydrogen) atoms. The van der Waals surface area contributed by atoms with Gasteiger partial charge in [0.15, 0.2) is 9.84 Å². The van der Waals surface area contributed by atoms with E-state index in [0.717, 1.165) is 5.56 Å². The largest absolute Gasteiger partial charge is 0.330 e. The zero-order chi connectivity index (χ0) is 12.2. The average Bonchev–Trinajstić information content (AvgIpc) is 2.27. The van der Waals surface area contributed by atoms with Crippen LogP contribution in [0.5, 0.6) is 0 Å². The van der Waals surface area contributed by atoms with Crippen molar-refractivity contribution in [3.63, 3.8) is 0 Å². The molecule has 2 N–H and O–H groups in total. The fourth-order valence-corrected chi connectivity index (χ4v) is 2.77. The molecular formula is C12H19NO2S. The van der Waals surface area contributed by atoms with Crippen LogP contribution >= 0.6 is 0 Å². The molecule has 0 radical (unpaired) electrons. The highest BCUT2D eigenvalue weighted by Gasteiger charge is 2.22. The first kappa shape index (κ1) is 13.2. The van der Waals surface area contributed by atoms with Crippen molar-refractivity contribution in [1.29, 1.82) is 0 Å². The van der Waals surface area contributed by atoms with Crippen molar-refractivity contribution in [2.24, 2.45) is 5.73 Å². The number of sulfone groups is 1. The van der Waals surface area contributed by atoms with E-state index in [1.54, 1.807) is 13.8 Å². The Morgan fingerprint density at radius 2 is 1.75 bits per heavy atom. The van der Waals surface area contributed by atoms with E-state index in [9.17, 15) is 8.42 Å². The lowest BCUT2D eigenvalue weighted by Crippen LogP contribution is -2.26. The van der Waals surface area contributed by atoms with Gasteiger partial charge in [0.05, 0.1) is 11.0 Å². The Labute approximate surface area is 97.6 Å². The minimum Gasteiger partial charge on any atom is -0.330 e. The maximum absolute atomic E-state index is 11.8. The highest BCUT2D eigenvalue weighted by molar-refractivity contribution is 7.92. The van der Waals surface area contributed by atoms with Gasteiger partial charge in [-0.25, -0.2) is 8.42 Å². The summed E-state index contributed by atoms with van der Waals surface area (Å²) in [6.07, 6.45) is 0. The third-order valence-electron chi connectivity index (χ3n) is 2.71. The first-order valence-corrected chi connectivity index (χ1v) is 7.15. The summed E-state index contributed by atoms with van der Waals surface area (Å²) in [6, 6.07) is 9.56. The van der Waals surface area contributed by atoms with Crippen LogP contribution in [0.25, 0.3) is 0 Å². The number of rotatable bonds is 5. The van der Waals surface area contributed by atoms with Gasteiger partial charge < -0.3 is 5.73 Å². The third kappa shape index (κ3) is 3.32. The molecule has 1 unspecified atom stereocenters. The van der Waals surface area contributed by atoms with E-state index in [4.69, 9.17) is 5.73 Å². The van der Waals surface area contributed by atoms with Gasteiger partial charge in [0, 0.05) is 12.5 Å². The van der Waals surface area contributed by atoms with E-state index in [1.807, 2.05) is 30.3 Å². The molecule has 4 heteroatoms. The lowest BCUT2D eigenvalue weighted by molar-refractivity contribution is 0.579. The molecule has 0 heterocycles. The van der Waals surface area contributed by atoms with Crippen LogP contribution in [0.15, 0.2) is 30.3 Å². The predicted molar refractivity (Wildman–Crippen MR) is 67.2 cm³/mol. The van der Waals surface area contributed by atoms with Gasteiger partial charge in [-0.1, -0.05) is 30.3 Å². The molecule has 0 fully saturated rings. The molecule has 0 spiro atoms. The van der Waals surface area contributed by atoms with Crippen molar-refractivity contribution in [1.82, 2.24) is 0 Å². The van der Waals surface area contributed by atoms with Gasteiger partial charge in [0.2, 0.25) is 0 Å². The summed E-state index contributed by atoms with van der Waals surface area (Å²) in [6.45, 7) is 3.76. The van der Waals surface area contributed by atoms with Crippen LogP contribution in [0.3, 0.4) is 0 Å². The molecule has 0 bridgehead atoms. The number of hydrogen-bond donors (Lipinski definition) is 1. The van der Waals surface area contributed by atoms with Crippen LogP contribution < -0.4 is 5.73 Å². The topological polar surface area (TPSA) is 60.2 Å². The molecule has 1 rings (SSSR count). The second-order valence-electron chi connectivity index (χ2n) is 4.22. The lowest BCUT2D eigenvalue weighted by Gasteiger charge is -2.17. The molecule has 0 aliphatic rings. The highest BCUT2D eigenvalue weighted by Crippen LogP contribution is 2.18. The van der Waals surface area contributed by atoms with E-state index < -0.39 is 9.84 Å². The Hall–Kier alpha value is -0.870. The van der Waals surface area contributed by atoms with Gasteiger partial charge in [-0.2, -0.15) is 0 Å². The SMILES string of the molecule is CC(C)S(=O)(=O)CC(CN)c1ccccc1. The lowest BCUT2D eigenvalue weighted by atomic mass is 10.0. The molecule has 0 amide bonds. The van der Waals surface area contributed by atoms with Crippen molar-refractivity contribution in [3.8, 4) is 0 Å². The average molecular weight is 241 g/mol.